The molecule has 2 aliphatic rings. The number of para-hydroxylation sites is 3. The maximum absolute atomic E-state index is 12.7. The number of benzene rings is 3. The number of rotatable bonds is 2. The third-order valence-corrected chi connectivity index (χ3v) is 5.35. The maximum Gasteiger partial charge on any atom is 0.335 e. The van der Waals surface area contributed by atoms with Crippen molar-refractivity contribution in [3.63, 3.8) is 0 Å². The van der Waals surface area contributed by atoms with Gasteiger partial charge in [0, 0.05) is 5.56 Å². The molecule has 0 saturated heterocycles. The number of methoxy groups -OCH3 is 1. The van der Waals surface area contributed by atoms with Crippen LogP contribution in [0.5, 0.6) is 11.5 Å². The Kier molecular flexibility index (Phi) is 3.90. The van der Waals surface area contributed by atoms with Crippen LogP contribution in [0.3, 0.4) is 0 Å². The molecular formula is C24H19NO3. The Bertz CT molecular complexity index is 1070. The molecule has 3 aromatic carbocycles. The average molecular weight is 369 g/mol. The van der Waals surface area contributed by atoms with E-state index in [9.17, 15) is 4.79 Å². The number of hydrogen-bond donors (Lipinski definition) is 0. The highest BCUT2D eigenvalue weighted by molar-refractivity contribution is 5.93. The Morgan fingerprint density at radius 1 is 0.893 bits per heavy atom. The predicted molar refractivity (Wildman–Crippen MR) is 107 cm³/mol. The fraction of sp³-hybridized carbons (Fsp3) is 0.125. The minimum Gasteiger partial charge on any atom is -0.466 e. The van der Waals surface area contributed by atoms with Crippen molar-refractivity contribution in [1.29, 1.82) is 0 Å². The van der Waals surface area contributed by atoms with Gasteiger partial charge >= 0.3 is 5.97 Å². The molecule has 0 radical (unpaired) electrons. The topological polar surface area (TPSA) is 38.8 Å². The van der Waals surface area contributed by atoms with E-state index < -0.39 is 0 Å². The van der Waals surface area contributed by atoms with Crippen LogP contribution in [0.1, 0.15) is 23.2 Å². The Morgan fingerprint density at radius 2 is 1.57 bits per heavy atom. The normalized spacial score (nSPS) is 19.5. The van der Waals surface area contributed by atoms with Crippen LogP contribution in [0.25, 0.3) is 0 Å². The third-order valence-electron chi connectivity index (χ3n) is 5.35. The van der Waals surface area contributed by atoms with E-state index in [0.717, 1.165) is 28.3 Å². The van der Waals surface area contributed by atoms with Gasteiger partial charge in [0.1, 0.15) is 5.75 Å². The van der Waals surface area contributed by atoms with E-state index >= 15 is 0 Å². The first-order valence-electron chi connectivity index (χ1n) is 9.27. The Labute approximate surface area is 163 Å². The van der Waals surface area contributed by atoms with Crippen molar-refractivity contribution < 1.29 is 14.3 Å². The van der Waals surface area contributed by atoms with Crippen LogP contribution < -0.4 is 9.64 Å². The van der Waals surface area contributed by atoms with Crippen molar-refractivity contribution in [2.24, 2.45) is 0 Å². The minimum absolute atomic E-state index is 0.126. The number of hydrogen-bond acceptors (Lipinski definition) is 4. The summed E-state index contributed by atoms with van der Waals surface area (Å²) in [5.41, 5.74) is 3.66. The lowest BCUT2D eigenvalue weighted by atomic mass is 9.99. The monoisotopic (exact) mass is 369 g/mol. The number of anilines is 1. The Balaban J connectivity index is 1.78. The number of esters is 1. The van der Waals surface area contributed by atoms with Gasteiger partial charge < -0.3 is 14.4 Å². The molecule has 2 aliphatic heterocycles. The second-order valence-corrected chi connectivity index (χ2v) is 6.89. The van der Waals surface area contributed by atoms with Gasteiger partial charge in [0.05, 0.1) is 30.5 Å². The zero-order valence-electron chi connectivity index (χ0n) is 15.4. The summed E-state index contributed by atoms with van der Waals surface area (Å²) in [6.45, 7) is 0. The summed E-state index contributed by atoms with van der Waals surface area (Å²) >= 11 is 0. The van der Waals surface area contributed by atoms with Gasteiger partial charge in [0.15, 0.2) is 5.75 Å². The number of carbonyl (C=O) groups is 1. The van der Waals surface area contributed by atoms with E-state index in [-0.39, 0.29) is 18.1 Å². The zero-order valence-corrected chi connectivity index (χ0v) is 15.4. The molecule has 5 rings (SSSR count). The second-order valence-electron chi connectivity index (χ2n) is 6.89. The molecule has 0 fully saturated rings. The van der Waals surface area contributed by atoms with Crippen molar-refractivity contribution in [2.75, 3.05) is 12.0 Å². The molecule has 4 heteroatoms. The van der Waals surface area contributed by atoms with Gasteiger partial charge in [0.25, 0.3) is 0 Å². The Hall–Kier alpha value is -3.53. The standard InChI is InChI=1S/C24H19NO3/c1-27-24(26)18-15-20-17-11-5-7-13-21(17)28-22-14-8-6-12-19(22)25(20)23(18)16-9-3-2-4-10-16/h2-15,20,23H,1H3/t20-,23-/m0/s1. The van der Waals surface area contributed by atoms with Gasteiger partial charge in [-0.25, -0.2) is 4.79 Å². The Morgan fingerprint density at radius 3 is 2.36 bits per heavy atom. The largest absolute Gasteiger partial charge is 0.466 e. The quantitative estimate of drug-likeness (QED) is 0.583. The van der Waals surface area contributed by atoms with E-state index in [4.69, 9.17) is 9.47 Å². The average Bonchev–Trinajstić information content (AvgIpc) is 3.08. The number of ether oxygens (including phenoxy) is 2. The molecule has 0 aromatic heterocycles. The van der Waals surface area contributed by atoms with E-state index in [0.29, 0.717) is 5.57 Å². The summed E-state index contributed by atoms with van der Waals surface area (Å²) in [6.07, 6.45) is 2.01. The SMILES string of the molecule is COC(=O)C1=C[C@H]2c3ccccc3Oc3ccccc3N2[C@H]1c1ccccc1. The molecule has 0 saturated carbocycles. The molecule has 0 unspecified atom stereocenters. The van der Waals surface area contributed by atoms with Crippen molar-refractivity contribution >= 4 is 11.7 Å². The van der Waals surface area contributed by atoms with Crippen molar-refractivity contribution in [3.8, 4) is 11.5 Å². The first-order chi connectivity index (χ1) is 13.8. The van der Waals surface area contributed by atoms with Gasteiger partial charge in [-0.05, 0) is 29.8 Å². The molecule has 2 atom stereocenters. The molecule has 138 valence electrons. The molecule has 4 nitrogen and oxygen atoms in total. The van der Waals surface area contributed by atoms with Crippen LogP contribution in [0, 0.1) is 0 Å². The number of fused-ring (bicyclic) bond motifs is 5. The number of nitrogens with zero attached hydrogens (tertiary/aromatic N) is 1. The minimum atomic E-state index is -0.308. The van der Waals surface area contributed by atoms with Crippen molar-refractivity contribution in [2.45, 2.75) is 12.1 Å². The molecule has 0 bridgehead atoms. The molecule has 0 amide bonds. The molecule has 0 N–H and O–H groups in total. The summed E-state index contributed by atoms with van der Waals surface area (Å²) in [5.74, 6) is 1.27. The lowest BCUT2D eigenvalue weighted by Crippen LogP contribution is -2.29. The number of carbonyl (C=O) groups excluding carboxylic acids is 1. The molecule has 0 spiro atoms. The van der Waals surface area contributed by atoms with Crippen molar-refractivity contribution in [3.05, 3.63) is 102 Å². The summed E-state index contributed by atoms with van der Waals surface area (Å²) in [4.78, 5) is 15.0. The molecule has 28 heavy (non-hydrogen) atoms. The molecule has 3 aromatic rings. The maximum atomic E-state index is 12.7. The zero-order chi connectivity index (χ0) is 19.1. The molecule has 0 aliphatic carbocycles. The second kappa shape index (κ2) is 6.57. The summed E-state index contributed by atoms with van der Waals surface area (Å²) in [6, 6.07) is 25.6. The van der Waals surface area contributed by atoms with E-state index in [1.807, 2.05) is 78.9 Å². The van der Waals surface area contributed by atoms with Gasteiger partial charge in [-0.1, -0.05) is 60.7 Å². The van der Waals surface area contributed by atoms with Gasteiger partial charge in [-0.3, -0.25) is 0 Å². The van der Waals surface area contributed by atoms with Crippen LogP contribution in [0.15, 0.2) is 90.5 Å². The van der Waals surface area contributed by atoms with Crippen LogP contribution in [-0.4, -0.2) is 13.1 Å². The summed E-state index contributed by atoms with van der Waals surface area (Å²) < 4.78 is 11.4. The van der Waals surface area contributed by atoms with Crippen LogP contribution in [0.4, 0.5) is 5.69 Å². The fourth-order valence-electron chi connectivity index (χ4n) is 4.15. The van der Waals surface area contributed by atoms with Gasteiger partial charge in [-0.2, -0.15) is 0 Å². The van der Waals surface area contributed by atoms with Crippen LogP contribution in [0.2, 0.25) is 0 Å². The smallest absolute Gasteiger partial charge is 0.335 e. The van der Waals surface area contributed by atoms with E-state index in [1.165, 1.54) is 7.11 Å². The lowest BCUT2D eigenvalue weighted by Gasteiger charge is -2.33. The van der Waals surface area contributed by atoms with Gasteiger partial charge in [0.2, 0.25) is 0 Å². The predicted octanol–water partition coefficient (Wildman–Crippen LogP) is 5.19. The highest BCUT2D eigenvalue weighted by atomic mass is 16.5. The van der Waals surface area contributed by atoms with E-state index in [1.54, 1.807) is 0 Å². The fourth-order valence-corrected chi connectivity index (χ4v) is 4.15. The molecular weight excluding hydrogens is 350 g/mol. The first kappa shape index (κ1) is 16.6. The highest BCUT2D eigenvalue weighted by Crippen LogP contribution is 2.53. The van der Waals surface area contributed by atoms with Crippen LogP contribution in [-0.2, 0) is 9.53 Å². The highest BCUT2D eigenvalue weighted by Gasteiger charge is 2.43. The lowest BCUT2D eigenvalue weighted by molar-refractivity contribution is -0.136. The summed E-state index contributed by atoms with van der Waals surface area (Å²) in [5, 5.41) is 0. The first-order valence-corrected chi connectivity index (χ1v) is 9.27. The van der Waals surface area contributed by atoms with Gasteiger partial charge in [-0.15, -0.1) is 0 Å². The summed E-state index contributed by atoms with van der Waals surface area (Å²) in [7, 11) is 1.43. The molecule has 2 heterocycles. The third kappa shape index (κ3) is 2.49. The van der Waals surface area contributed by atoms with Crippen molar-refractivity contribution in [1.82, 2.24) is 0 Å². The van der Waals surface area contributed by atoms with E-state index in [2.05, 4.69) is 11.0 Å². The van der Waals surface area contributed by atoms with Crippen LogP contribution >= 0.6 is 0 Å².